The van der Waals surface area contributed by atoms with Crippen LogP contribution in [-0.2, 0) is 10.5 Å². The van der Waals surface area contributed by atoms with Crippen molar-refractivity contribution in [1.29, 1.82) is 0 Å². The fourth-order valence-corrected chi connectivity index (χ4v) is 3.68. The van der Waals surface area contributed by atoms with E-state index in [1.165, 1.54) is 0 Å². The Morgan fingerprint density at radius 1 is 1.08 bits per heavy atom. The van der Waals surface area contributed by atoms with Crippen LogP contribution in [0.5, 0.6) is 0 Å². The number of hydrogen-bond donors (Lipinski definition) is 0. The molecule has 2 aromatic rings. The molecule has 1 saturated heterocycles. The van der Waals surface area contributed by atoms with Crippen LogP contribution in [0.25, 0.3) is 0 Å². The van der Waals surface area contributed by atoms with E-state index in [1.807, 2.05) is 48.5 Å². The molecule has 0 spiro atoms. The van der Waals surface area contributed by atoms with Crippen LogP contribution in [-0.4, -0.2) is 24.0 Å². The lowest BCUT2D eigenvalue weighted by Crippen LogP contribution is -2.23. The van der Waals surface area contributed by atoms with E-state index >= 15 is 0 Å². The largest absolute Gasteiger partial charge is 0.312 e. The molecule has 124 valence electrons. The zero-order valence-electron chi connectivity index (χ0n) is 13.2. The number of rotatable bonds is 6. The molecule has 24 heavy (non-hydrogen) atoms. The van der Waals surface area contributed by atoms with Crippen LogP contribution in [0.2, 0.25) is 5.02 Å². The van der Waals surface area contributed by atoms with Crippen molar-refractivity contribution in [2.75, 3.05) is 17.2 Å². The van der Waals surface area contributed by atoms with Crippen molar-refractivity contribution < 1.29 is 9.59 Å². The van der Waals surface area contributed by atoms with Crippen molar-refractivity contribution in [2.45, 2.75) is 18.6 Å². The second kappa shape index (κ2) is 7.86. The molecule has 0 bridgehead atoms. The summed E-state index contributed by atoms with van der Waals surface area (Å²) < 4.78 is 0. The molecule has 0 atom stereocenters. The van der Waals surface area contributed by atoms with Crippen LogP contribution < -0.4 is 4.90 Å². The van der Waals surface area contributed by atoms with Gasteiger partial charge in [0.1, 0.15) is 0 Å². The zero-order valence-corrected chi connectivity index (χ0v) is 14.8. The Labute approximate surface area is 151 Å². The van der Waals surface area contributed by atoms with Gasteiger partial charge in [0, 0.05) is 35.0 Å². The van der Waals surface area contributed by atoms with E-state index in [1.54, 1.807) is 16.7 Å². The maximum absolute atomic E-state index is 12.3. The molecule has 3 rings (SSSR count). The van der Waals surface area contributed by atoms with E-state index in [0.717, 1.165) is 35.0 Å². The smallest absolute Gasteiger partial charge is 0.227 e. The molecule has 0 saturated carbocycles. The molecule has 3 nitrogen and oxygen atoms in total. The Bertz CT molecular complexity index is 728. The number of ketones is 1. The summed E-state index contributed by atoms with van der Waals surface area (Å²) in [7, 11) is 0. The summed E-state index contributed by atoms with van der Waals surface area (Å²) in [5.41, 5.74) is 2.72. The first kappa shape index (κ1) is 17.1. The van der Waals surface area contributed by atoms with Gasteiger partial charge in [-0.1, -0.05) is 23.7 Å². The van der Waals surface area contributed by atoms with E-state index < -0.39 is 0 Å². The van der Waals surface area contributed by atoms with Crippen molar-refractivity contribution in [1.82, 2.24) is 0 Å². The Kier molecular flexibility index (Phi) is 5.59. The number of carbonyl (C=O) groups is 2. The lowest BCUT2D eigenvalue weighted by molar-refractivity contribution is -0.117. The predicted molar refractivity (Wildman–Crippen MR) is 100.0 cm³/mol. The molecular weight excluding hydrogens is 342 g/mol. The summed E-state index contributed by atoms with van der Waals surface area (Å²) in [5.74, 6) is 1.48. The maximum Gasteiger partial charge on any atom is 0.227 e. The fourth-order valence-electron chi connectivity index (χ4n) is 2.67. The van der Waals surface area contributed by atoms with Crippen molar-refractivity contribution in [2.24, 2.45) is 0 Å². The average molecular weight is 360 g/mol. The molecule has 1 fully saturated rings. The number of Topliss-reactive ketones (excluding diaryl/α,β-unsaturated/α-hetero) is 1. The number of carbonyl (C=O) groups excluding carboxylic acids is 2. The lowest BCUT2D eigenvalue weighted by Gasteiger charge is -2.15. The molecule has 2 aromatic carbocycles. The van der Waals surface area contributed by atoms with Crippen LogP contribution in [0, 0.1) is 0 Å². The molecule has 1 heterocycles. The minimum Gasteiger partial charge on any atom is -0.312 e. The Balaban J connectivity index is 1.53. The van der Waals surface area contributed by atoms with Gasteiger partial charge in [0.25, 0.3) is 0 Å². The van der Waals surface area contributed by atoms with Crippen LogP contribution in [0.1, 0.15) is 28.8 Å². The molecule has 1 amide bonds. The minimum atomic E-state index is 0.105. The Morgan fingerprint density at radius 3 is 2.42 bits per heavy atom. The van der Waals surface area contributed by atoms with Crippen LogP contribution in [0.15, 0.2) is 48.5 Å². The van der Waals surface area contributed by atoms with Gasteiger partial charge in [0.05, 0.1) is 5.75 Å². The monoisotopic (exact) mass is 359 g/mol. The second-order valence-electron chi connectivity index (χ2n) is 5.74. The molecule has 0 aromatic heterocycles. The van der Waals surface area contributed by atoms with Gasteiger partial charge in [-0.05, 0) is 48.4 Å². The Hall–Kier alpha value is -1.78. The third-order valence-electron chi connectivity index (χ3n) is 3.99. The predicted octanol–water partition coefficient (Wildman–Crippen LogP) is 4.58. The van der Waals surface area contributed by atoms with Gasteiger partial charge >= 0.3 is 0 Å². The van der Waals surface area contributed by atoms with E-state index in [2.05, 4.69) is 0 Å². The van der Waals surface area contributed by atoms with E-state index in [4.69, 9.17) is 11.6 Å². The Morgan fingerprint density at radius 2 is 1.79 bits per heavy atom. The molecule has 5 heteroatoms. The minimum absolute atomic E-state index is 0.105. The van der Waals surface area contributed by atoms with Gasteiger partial charge in [0.15, 0.2) is 5.78 Å². The standard InChI is InChI=1S/C19H18ClNO2S/c20-16-7-3-14(4-8-16)12-24-13-18(22)15-5-9-17(10-6-15)21-11-1-2-19(21)23/h3-10H,1-2,11-13H2. The first-order valence-corrected chi connectivity index (χ1v) is 9.42. The number of nitrogens with zero attached hydrogens (tertiary/aromatic N) is 1. The summed E-state index contributed by atoms with van der Waals surface area (Å²) in [6.45, 7) is 0.767. The highest BCUT2D eigenvalue weighted by molar-refractivity contribution is 7.99. The fraction of sp³-hybridized carbons (Fsp3) is 0.263. The van der Waals surface area contributed by atoms with Crippen LogP contribution >= 0.6 is 23.4 Å². The zero-order chi connectivity index (χ0) is 16.9. The SMILES string of the molecule is O=C(CSCc1ccc(Cl)cc1)c1ccc(N2CCCC2=O)cc1. The highest BCUT2D eigenvalue weighted by Crippen LogP contribution is 2.22. The first-order chi connectivity index (χ1) is 11.6. The van der Waals surface area contributed by atoms with Crippen molar-refractivity contribution in [3.05, 3.63) is 64.7 Å². The van der Waals surface area contributed by atoms with E-state index in [-0.39, 0.29) is 11.7 Å². The quantitative estimate of drug-likeness (QED) is 0.708. The van der Waals surface area contributed by atoms with Gasteiger partial charge in [0.2, 0.25) is 5.91 Å². The van der Waals surface area contributed by atoms with E-state index in [9.17, 15) is 9.59 Å². The summed E-state index contributed by atoms with van der Waals surface area (Å²) in [6.07, 6.45) is 1.52. The van der Waals surface area contributed by atoms with Gasteiger partial charge in [-0.15, -0.1) is 11.8 Å². The topological polar surface area (TPSA) is 37.4 Å². The van der Waals surface area contributed by atoms with Crippen molar-refractivity contribution in [3.63, 3.8) is 0 Å². The van der Waals surface area contributed by atoms with Gasteiger partial charge < -0.3 is 4.90 Å². The van der Waals surface area contributed by atoms with Crippen molar-refractivity contribution in [3.8, 4) is 0 Å². The number of anilines is 1. The second-order valence-corrected chi connectivity index (χ2v) is 7.16. The van der Waals surface area contributed by atoms with Gasteiger partial charge in [-0.3, -0.25) is 9.59 Å². The molecule has 0 aliphatic carbocycles. The molecule has 1 aliphatic rings. The average Bonchev–Trinajstić information content (AvgIpc) is 3.03. The highest BCUT2D eigenvalue weighted by Gasteiger charge is 2.21. The summed E-state index contributed by atoms with van der Waals surface area (Å²) in [4.78, 5) is 25.8. The van der Waals surface area contributed by atoms with Crippen molar-refractivity contribution >= 4 is 40.7 Å². The summed E-state index contributed by atoms with van der Waals surface area (Å²) in [5, 5.41) is 0.719. The molecule has 0 N–H and O–H groups in total. The first-order valence-electron chi connectivity index (χ1n) is 7.89. The number of hydrogen-bond acceptors (Lipinski definition) is 3. The third kappa shape index (κ3) is 4.19. The normalized spacial score (nSPS) is 14.2. The summed E-state index contributed by atoms with van der Waals surface area (Å²) in [6, 6.07) is 15.0. The number of halogens is 1. The molecular formula is C19H18ClNO2S. The van der Waals surface area contributed by atoms with Gasteiger partial charge in [-0.25, -0.2) is 0 Å². The highest BCUT2D eigenvalue weighted by atomic mass is 35.5. The maximum atomic E-state index is 12.3. The molecule has 1 aliphatic heterocycles. The van der Waals surface area contributed by atoms with Crippen LogP contribution in [0.4, 0.5) is 5.69 Å². The van der Waals surface area contributed by atoms with Crippen LogP contribution in [0.3, 0.4) is 0 Å². The van der Waals surface area contributed by atoms with E-state index in [0.29, 0.717) is 17.7 Å². The lowest BCUT2D eigenvalue weighted by atomic mass is 10.1. The summed E-state index contributed by atoms with van der Waals surface area (Å²) >= 11 is 7.45. The molecule has 0 radical (unpaired) electrons. The number of thioether (sulfide) groups is 1. The number of amides is 1. The number of benzene rings is 2. The molecule has 0 unspecified atom stereocenters. The van der Waals surface area contributed by atoms with Gasteiger partial charge in [-0.2, -0.15) is 0 Å². The third-order valence-corrected chi connectivity index (χ3v) is 5.25.